The molecular weight excluding hydrogens is 268 g/mol. The quantitative estimate of drug-likeness (QED) is 0.764. The van der Waals surface area contributed by atoms with Gasteiger partial charge in [0.1, 0.15) is 0 Å². The summed E-state index contributed by atoms with van der Waals surface area (Å²) in [5.74, 6) is -2.42. The molecule has 0 aliphatic rings. The molecule has 0 amide bonds. The Bertz CT molecular complexity index is 483. The molecule has 0 spiro atoms. The summed E-state index contributed by atoms with van der Waals surface area (Å²) >= 11 is 0. The molecule has 1 aromatic carbocycles. The van der Waals surface area contributed by atoms with Crippen molar-refractivity contribution in [3.63, 3.8) is 0 Å². The van der Waals surface area contributed by atoms with E-state index >= 15 is 0 Å². The Morgan fingerprint density at radius 3 is 2.14 bits per heavy atom. The van der Waals surface area contributed by atoms with E-state index < -0.39 is 23.3 Å². The first-order valence-electron chi connectivity index (χ1n) is 7.31. The van der Waals surface area contributed by atoms with E-state index in [2.05, 4.69) is 0 Å². The summed E-state index contributed by atoms with van der Waals surface area (Å²) in [5.41, 5.74) is 0.0735. The second-order valence-corrected chi connectivity index (χ2v) is 6.03. The summed E-state index contributed by atoms with van der Waals surface area (Å²) in [5, 5.41) is 18.6. The third kappa shape index (κ3) is 4.59. The number of carboxylic acids is 2. The lowest BCUT2D eigenvalue weighted by Gasteiger charge is -2.30. The Morgan fingerprint density at radius 1 is 1.14 bits per heavy atom. The number of rotatable bonds is 8. The van der Waals surface area contributed by atoms with Crippen molar-refractivity contribution in [1.29, 1.82) is 0 Å². The fraction of sp³-hybridized carbons (Fsp3) is 0.529. The molecule has 1 aromatic rings. The third-order valence-electron chi connectivity index (χ3n) is 4.16. The van der Waals surface area contributed by atoms with Gasteiger partial charge in [-0.1, -0.05) is 44.2 Å². The first kappa shape index (κ1) is 17.2. The van der Waals surface area contributed by atoms with E-state index in [0.717, 1.165) is 12.0 Å². The van der Waals surface area contributed by atoms with Crippen LogP contribution in [0.4, 0.5) is 0 Å². The van der Waals surface area contributed by atoms with E-state index in [0.29, 0.717) is 6.42 Å². The van der Waals surface area contributed by atoms with Crippen LogP contribution in [0.3, 0.4) is 0 Å². The first-order chi connectivity index (χ1) is 9.80. The minimum Gasteiger partial charge on any atom is -0.481 e. The van der Waals surface area contributed by atoms with Crippen molar-refractivity contribution in [2.75, 3.05) is 0 Å². The number of aliphatic carboxylic acids is 2. The van der Waals surface area contributed by atoms with Crippen molar-refractivity contribution in [3.8, 4) is 0 Å². The molecule has 3 atom stereocenters. The van der Waals surface area contributed by atoms with Crippen LogP contribution in [0.5, 0.6) is 0 Å². The van der Waals surface area contributed by atoms with Crippen molar-refractivity contribution in [2.45, 2.75) is 46.0 Å². The fourth-order valence-electron chi connectivity index (χ4n) is 2.79. The van der Waals surface area contributed by atoms with Crippen molar-refractivity contribution in [2.24, 2.45) is 11.3 Å². The molecule has 0 saturated carbocycles. The third-order valence-corrected chi connectivity index (χ3v) is 4.16. The molecule has 3 unspecified atom stereocenters. The summed E-state index contributed by atoms with van der Waals surface area (Å²) in [7, 11) is 0. The van der Waals surface area contributed by atoms with E-state index in [-0.39, 0.29) is 12.3 Å². The van der Waals surface area contributed by atoms with Crippen molar-refractivity contribution in [3.05, 3.63) is 35.9 Å². The maximum Gasteiger partial charge on any atom is 0.309 e. The minimum atomic E-state index is -1.03. The smallest absolute Gasteiger partial charge is 0.309 e. The Hall–Kier alpha value is -1.84. The minimum absolute atomic E-state index is 0.119. The van der Waals surface area contributed by atoms with Gasteiger partial charge in [-0.05, 0) is 37.7 Å². The Labute approximate surface area is 125 Å². The average Bonchev–Trinajstić information content (AvgIpc) is 2.45. The normalized spacial score (nSPS) is 16.7. The lowest BCUT2D eigenvalue weighted by atomic mass is 9.72. The monoisotopic (exact) mass is 292 g/mol. The number of hydrogen-bond donors (Lipinski definition) is 2. The van der Waals surface area contributed by atoms with Crippen molar-refractivity contribution in [1.82, 2.24) is 0 Å². The first-order valence-corrected chi connectivity index (χ1v) is 7.31. The molecule has 0 fully saturated rings. The highest BCUT2D eigenvalue weighted by Gasteiger charge is 2.38. The Kier molecular flexibility index (Phi) is 5.94. The molecule has 0 radical (unpaired) electrons. The van der Waals surface area contributed by atoms with Gasteiger partial charge in [-0.15, -0.1) is 0 Å². The van der Waals surface area contributed by atoms with Crippen LogP contribution < -0.4 is 0 Å². The molecule has 4 heteroatoms. The van der Waals surface area contributed by atoms with Crippen LogP contribution in [0, 0.1) is 11.3 Å². The standard InChI is InChI=1S/C17H24O4/c1-4-13(14-8-6-5-7-9-14)11-17(3,16(20)21)10-12(2)15(18)19/h5-9,12-13H,4,10-11H2,1-3H3,(H,18,19)(H,20,21). The summed E-state index contributed by atoms with van der Waals surface area (Å²) in [6, 6.07) is 9.80. The molecule has 2 N–H and O–H groups in total. The molecule has 0 aliphatic heterocycles. The van der Waals surface area contributed by atoms with Crippen LogP contribution in [0.15, 0.2) is 30.3 Å². The van der Waals surface area contributed by atoms with Crippen molar-refractivity contribution < 1.29 is 19.8 Å². The summed E-state index contributed by atoms with van der Waals surface area (Å²) in [6.07, 6.45) is 1.41. The van der Waals surface area contributed by atoms with Gasteiger partial charge in [-0.25, -0.2) is 0 Å². The molecule has 0 aromatic heterocycles. The zero-order valence-corrected chi connectivity index (χ0v) is 12.9. The second kappa shape index (κ2) is 7.25. The van der Waals surface area contributed by atoms with E-state index in [1.54, 1.807) is 13.8 Å². The van der Waals surface area contributed by atoms with E-state index in [1.165, 1.54) is 0 Å². The Morgan fingerprint density at radius 2 is 1.71 bits per heavy atom. The molecular formula is C17H24O4. The van der Waals surface area contributed by atoms with Crippen LogP contribution in [0.1, 0.15) is 51.5 Å². The topological polar surface area (TPSA) is 74.6 Å². The van der Waals surface area contributed by atoms with Gasteiger partial charge < -0.3 is 10.2 Å². The fourth-order valence-corrected chi connectivity index (χ4v) is 2.79. The van der Waals surface area contributed by atoms with Crippen LogP contribution in [0.25, 0.3) is 0 Å². The average molecular weight is 292 g/mol. The van der Waals surface area contributed by atoms with E-state index in [9.17, 15) is 14.7 Å². The lowest BCUT2D eigenvalue weighted by molar-refractivity contribution is -0.152. The molecule has 0 bridgehead atoms. The van der Waals surface area contributed by atoms with Gasteiger partial charge in [-0.3, -0.25) is 9.59 Å². The summed E-state index contributed by atoms with van der Waals surface area (Å²) in [4.78, 5) is 22.7. The summed E-state index contributed by atoms with van der Waals surface area (Å²) < 4.78 is 0. The maximum atomic E-state index is 11.7. The molecule has 116 valence electrons. The lowest BCUT2D eigenvalue weighted by Crippen LogP contribution is -2.33. The predicted molar refractivity (Wildman–Crippen MR) is 81.3 cm³/mol. The Balaban J connectivity index is 2.95. The van der Waals surface area contributed by atoms with Gasteiger partial charge in [-0.2, -0.15) is 0 Å². The summed E-state index contributed by atoms with van der Waals surface area (Å²) in [6.45, 7) is 5.24. The van der Waals surface area contributed by atoms with E-state index in [4.69, 9.17) is 5.11 Å². The second-order valence-electron chi connectivity index (χ2n) is 6.03. The van der Waals surface area contributed by atoms with Crippen molar-refractivity contribution >= 4 is 11.9 Å². The van der Waals surface area contributed by atoms with Gasteiger partial charge in [0.2, 0.25) is 0 Å². The largest absolute Gasteiger partial charge is 0.481 e. The number of benzene rings is 1. The number of carbonyl (C=O) groups is 2. The zero-order chi connectivity index (χ0) is 16.0. The van der Waals surface area contributed by atoms with Crippen LogP contribution >= 0.6 is 0 Å². The van der Waals surface area contributed by atoms with Crippen LogP contribution in [-0.4, -0.2) is 22.2 Å². The highest BCUT2D eigenvalue weighted by Crippen LogP contribution is 2.38. The number of carboxylic acid groups (broad SMARTS) is 2. The van der Waals surface area contributed by atoms with Gasteiger partial charge in [0.25, 0.3) is 0 Å². The van der Waals surface area contributed by atoms with Gasteiger partial charge in [0.05, 0.1) is 11.3 Å². The SMILES string of the molecule is CCC(CC(C)(CC(C)C(=O)O)C(=O)O)c1ccccc1. The molecule has 0 heterocycles. The molecule has 1 rings (SSSR count). The van der Waals surface area contributed by atoms with Gasteiger partial charge in [0.15, 0.2) is 0 Å². The zero-order valence-electron chi connectivity index (χ0n) is 12.9. The highest BCUT2D eigenvalue weighted by atomic mass is 16.4. The molecule has 4 nitrogen and oxygen atoms in total. The maximum absolute atomic E-state index is 11.7. The molecule has 0 saturated heterocycles. The number of hydrogen-bond acceptors (Lipinski definition) is 2. The van der Waals surface area contributed by atoms with Crippen LogP contribution in [-0.2, 0) is 9.59 Å². The van der Waals surface area contributed by atoms with Gasteiger partial charge in [0, 0.05) is 0 Å². The predicted octanol–water partition coefficient (Wildman–Crippen LogP) is 3.77. The molecule has 0 aliphatic carbocycles. The van der Waals surface area contributed by atoms with Gasteiger partial charge >= 0.3 is 11.9 Å². The highest BCUT2D eigenvalue weighted by molar-refractivity contribution is 5.76. The van der Waals surface area contributed by atoms with E-state index in [1.807, 2.05) is 37.3 Å². The molecule has 21 heavy (non-hydrogen) atoms. The van der Waals surface area contributed by atoms with Crippen LogP contribution in [0.2, 0.25) is 0 Å².